The Kier molecular flexibility index (Phi) is 23.0. The van der Waals surface area contributed by atoms with E-state index in [1.165, 1.54) is 40.6 Å². The largest absolute Gasteiger partial charge is 0.480 e. The number of hydrogen-bond acceptors (Lipinski definition) is 24. The molecule has 1 aromatic rings. The second-order valence-electron chi connectivity index (χ2n) is 17.0. The van der Waals surface area contributed by atoms with Crippen LogP contribution in [0.15, 0.2) is 12.5 Å². The molecule has 4 aliphatic heterocycles. The number of imidazole rings is 1. The monoisotopic (exact) mass is 1040 g/mol. The number of methoxy groups -OCH3 is 3. The Balaban J connectivity index is 0.000000337. The highest BCUT2D eigenvalue weighted by atomic mass is 16.7. The smallest absolute Gasteiger partial charge is 0.335 e. The highest BCUT2D eigenvalue weighted by molar-refractivity contribution is 5.85. The average molecular weight is 1040 g/mol. The van der Waals surface area contributed by atoms with Crippen molar-refractivity contribution in [2.75, 3.05) is 41.1 Å². The number of carboxylic acid groups (broad SMARTS) is 2. The molecule has 0 bridgehead atoms. The van der Waals surface area contributed by atoms with Gasteiger partial charge in [-0.05, 0) is 6.92 Å². The topological polar surface area (TPSA) is 465 Å². The predicted octanol–water partition coefficient (Wildman–Crippen LogP) is -8.33. The van der Waals surface area contributed by atoms with E-state index in [0.717, 1.165) is 7.11 Å². The Bertz CT molecular complexity index is 1920. The molecular weight excluding hydrogens is 976 g/mol. The van der Waals surface area contributed by atoms with E-state index >= 15 is 0 Å². The number of aliphatic hydroxyl groups is 8. The van der Waals surface area contributed by atoms with E-state index in [1.807, 2.05) is 0 Å². The van der Waals surface area contributed by atoms with Gasteiger partial charge in [-0.3, -0.25) is 19.2 Å². The maximum Gasteiger partial charge on any atom is 0.335 e. The second kappa shape index (κ2) is 27.6. The summed E-state index contributed by atoms with van der Waals surface area (Å²) in [7, 11) is 3.58. The number of aromatic amines is 1. The van der Waals surface area contributed by atoms with Crippen LogP contribution in [0, 0.1) is 0 Å². The Morgan fingerprint density at radius 1 is 0.681 bits per heavy atom. The fourth-order valence-electron chi connectivity index (χ4n) is 8.33. The quantitative estimate of drug-likeness (QED) is 0.0577. The summed E-state index contributed by atoms with van der Waals surface area (Å²) in [4.78, 5) is 78.3. The molecule has 0 aliphatic carbocycles. The van der Waals surface area contributed by atoms with Crippen molar-refractivity contribution < 1.29 is 122 Å². The molecule has 4 saturated heterocycles. The summed E-state index contributed by atoms with van der Waals surface area (Å²) >= 11 is 0. The minimum Gasteiger partial charge on any atom is -0.480 e. The van der Waals surface area contributed by atoms with E-state index in [4.69, 9.17) is 42.6 Å². The number of H-pyrrole nitrogens is 1. The zero-order valence-electron chi connectivity index (χ0n) is 39.9. The van der Waals surface area contributed by atoms with Crippen LogP contribution in [0.4, 0.5) is 0 Å². The van der Waals surface area contributed by atoms with Gasteiger partial charge in [0.1, 0.15) is 85.3 Å². The van der Waals surface area contributed by atoms with Crippen LogP contribution in [-0.2, 0) is 77.8 Å². The number of nitrogens with zero attached hydrogens (tertiary/aromatic N) is 1. The van der Waals surface area contributed by atoms with E-state index in [1.54, 1.807) is 6.92 Å². The number of nitrogens with one attached hydrogen (secondary N) is 5. The Labute approximate surface area is 410 Å². The number of aliphatic carboxylic acids is 2. The van der Waals surface area contributed by atoms with Gasteiger partial charge >= 0.3 is 11.9 Å². The minimum absolute atomic E-state index is 0.0388. The summed E-state index contributed by atoms with van der Waals surface area (Å²) < 4.78 is 48.5. The molecule has 1 aromatic heterocycles. The molecule has 0 radical (unpaired) electrons. The molecule has 9 unspecified atom stereocenters. The lowest BCUT2D eigenvalue weighted by atomic mass is 9.92. The zero-order chi connectivity index (χ0) is 53.7. The first kappa shape index (κ1) is 59.9. The molecule has 4 fully saturated rings. The molecule has 4 aliphatic rings. The van der Waals surface area contributed by atoms with Gasteiger partial charge in [-0.15, -0.1) is 0 Å². The van der Waals surface area contributed by atoms with Crippen LogP contribution in [0.3, 0.4) is 0 Å². The molecule has 31 heteroatoms. The molecule has 5 heterocycles. The molecule has 5 rings (SSSR count). The van der Waals surface area contributed by atoms with Crippen molar-refractivity contribution in [2.24, 2.45) is 0 Å². The molecular formula is C41H66N6O25. The van der Waals surface area contributed by atoms with E-state index in [2.05, 4.69) is 31.2 Å². The van der Waals surface area contributed by atoms with E-state index in [0.29, 0.717) is 5.69 Å². The highest BCUT2D eigenvalue weighted by Crippen LogP contribution is 2.32. The lowest BCUT2D eigenvalue weighted by Crippen LogP contribution is -2.68. The average Bonchev–Trinajstić information content (AvgIpc) is 3.85. The summed E-state index contributed by atoms with van der Waals surface area (Å²) in [6, 6.07) is -3.31. The maximum atomic E-state index is 13.0. The molecule has 0 saturated carbocycles. The minimum atomic E-state index is -1.77. The lowest BCUT2D eigenvalue weighted by molar-refractivity contribution is -0.339. The van der Waals surface area contributed by atoms with Crippen LogP contribution >= 0.6 is 0 Å². The van der Waals surface area contributed by atoms with Gasteiger partial charge in [0, 0.05) is 66.5 Å². The summed E-state index contributed by atoms with van der Waals surface area (Å²) in [6.45, 7) is 2.55. The first-order valence-corrected chi connectivity index (χ1v) is 22.4. The van der Waals surface area contributed by atoms with E-state index in [9.17, 15) is 79.8 Å². The van der Waals surface area contributed by atoms with Gasteiger partial charge < -0.3 is 120 Å². The standard InChI is InChI=1S/C25H39N5O13.C16H27NO12/c1-10-16(29-11(2)32)20(17(34)14(8-31)41-10)42-25-19(36)18(35)21(40-3)22(43-25)23(37)27-5-4-15(33)30-13(24(38)39)6-12-7-26-9-28-12;1-5(19)17-7-11(8(20)6(4-18)27-15(7)26-3)28-16-10(22)9(21)12(25-2)13(29-16)14(23)24/h7,9-10,13-14,16-22,25,31,34-36H,4-6,8H2,1-3H3,(H,26,28)(H,27,37)(H,29,32)(H,30,33)(H,38,39);6-13,15-16,18,20-22H,4H2,1-3H3,(H,17,19)(H,23,24)/t10-,13?,14?,16?,17+,18+,19-,20+,21-,22?,25?;6?,7?,8-,9-,10?,11-,12+,13?,15-,16-/m01/s1. The van der Waals surface area contributed by atoms with Crippen molar-refractivity contribution in [3.05, 3.63) is 18.2 Å². The molecule has 410 valence electrons. The van der Waals surface area contributed by atoms with Crippen LogP contribution in [0.2, 0.25) is 0 Å². The van der Waals surface area contributed by atoms with Gasteiger partial charge in [-0.1, -0.05) is 0 Å². The Morgan fingerprint density at radius 2 is 1.19 bits per heavy atom. The van der Waals surface area contributed by atoms with Gasteiger partial charge in [-0.2, -0.15) is 0 Å². The van der Waals surface area contributed by atoms with Crippen molar-refractivity contribution in [1.29, 1.82) is 0 Å². The Hall–Kier alpha value is -4.65. The van der Waals surface area contributed by atoms with Gasteiger partial charge in [0.25, 0.3) is 5.91 Å². The number of rotatable bonds is 20. The number of carbonyl (C=O) groups is 6. The number of amides is 4. The second-order valence-corrected chi connectivity index (χ2v) is 17.0. The molecule has 15 N–H and O–H groups in total. The summed E-state index contributed by atoms with van der Waals surface area (Å²) in [5, 5.41) is 111. The van der Waals surface area contributed by atoms with Crippen molar-refractivity contribution >= 4 is 35.6 Å². The molecule has 0 spiro atoms. The van der Waals surface area contributed by atoms with Crippen molar-refractivity contribution in [3.63, 3.8) is 0 Å². The zero-order valence-corrected chi connectivity index (χ0v) is 39.9. The number of carbonyl (C=O) groups excluding carboxylic acids is 4. The van der Waals surface area contributed by atoms with Crippen LogP contribution in [-0.4, -0.2) is 266 Å². The van der Waals surface area contributed by atoms with Gasteiger partial charge in [0.15, 0.2) is 31.1 Å². The van der Waals surface area contributed by atoms with E-state index < -0.39 is 177 Å². The number of carboxylic acids is 2. The first-order chi connectivity index (χ1) is 34.0. The highest BCUT2D eigenvalue weighted by Gasteiger charge is 2.55. The Morgan fingerprint density at radius 3 is 1.67 bits per heavy atom. The van der Waals surface area contributed by atoms with Gasteiger partial charge in [0.2, 0.25) is 17.7 Å². The van der Waals surface area contributed by atoms with Gasteiger partial charge in [-0.25, -0.2) is 14.6 Å². The first-order valence-electron chi connectivity index (χ1n) is 22.4. The maximum absolute atomic E-state index is 13.0. The van der Waals surface area contributed by atoms with Crippen LogP contribution in [0.25, 0.3) is 0 Å². The number of hydrogen-bond donors (Lipinski definition) is 15. The fraction of sp³-hybridized carbons (Fsp3) is 0.780. The molecule has 72 heavy (non-hydrogen) atoms. The molecule has 4 amide bonds. The van der Waals surface area contributed by atoms with Gasteiger partial charge in [0.05, 0.1) is 31.7 Å². The number of ether oxygens (including phenoxy) is 9. The van der Waals surface area contributed by atoms with Crippen molar-refractivity contribution in [1.82, 2.24) is 31.2 Å². The fourth-order valence-corrected chi connectivity index (χ4v) is 8.33. The summed E-state index contributed by atoms with van der Waals surface area (Å²) in [5.41, 5.74) is 0.497. The molecule has 21 atom stereocenters. The van der Waals surface area contributed by atoms with Crippen LogP contribution in [0.5, 0.6) is 0 Å². The van der Waals surface area contributed by atoms with Crippen LogP contribution < -0.4 is 21.3 Å². The van der Waals surface area contributed by atoms with Crippen molar-refractivity contribution in [2.45, 2.75) is 162 Å². The SMILES string of the molecule is CO[C@@H]1C(C(=O)NCCC(=O)NC(Cc2cnc[nH]2)C(=O)O)OC(O[C@@H]2C(NC(C)=O)[C@H](C)OC(CO)[C@H]2O)[C@@H](O)[C@H]1O.CO[C@@H]1OC(CO)[C@@H](O)[C@H](O[C@@H]2OC(C(=O)O)[C@@H](OC)[C@H](O)C2O)C1NC(C)=O. The lowest BCUT2D eigenvalue weighted by Gasteiger charge is -2.47. The van der Waals surface area contributed by atoms with Crippen molar-refractivity contribution in [3.8, 4) is 0 Å². The summed E-state index contributed by atoms with van der Waals surface area (Å²) in [6.07, 6.45) is -23.7. The third kappa shape index (κ3) is 15.0. The normalized spacial score (nSPS) is 37.2. The third-order valence-electron chi connectivity index (χ3n) is 12.0. The number of aromatic nitrogens is 2. The molecule has 31 nitrogen and oxygen atoms in total. The third-order valence-corrected chi connectivity index (χ3v) is 12.0. The molecule has 0 aromatic carbocycles. The number of aliphatic hydroxyl groups excluding tert-OH is 8. The van der Waals surface area contributed by atoms with E-state index in [-0.39, 0.29) is 19.4 Å². The summed E-state index contributed by atoms with van der Waals surface area (Å²) in [5.74, 6) is -5.24. The predicted molar refractivity (Wildman–Crippen MR) is 231 cm³/mol. The van der Waals surface area contributed by atoms with Crippen LogP contribution in [0.1, 0.15) is 32.9 Å².